The van der Waals surface area contributed by atoms with E-state index in [1.54, 1.807) is 53.0 Å². The zero-order chi connectivity index (χ0) is 14.6. The number of aliphatic hydroxyl groups is 2. The maximum absolute atomic E-state index is 9.10. The number of hydrogen-bond donors (Lipinski definition) is 3. The molecule has 0 aliphatic heterocycles. The Labute approximate surface area is 110 Å². The minimum atomic E-state index is -1.01. The minimum absolute atomic E-state index is 0.558. The zero-order valence-corrected chi connectivity index (χ0v) is 11.7. The summed E-state index contributed by atoms with van der Waals surface area (Å²) in [7, 11) is 7.07. The van der Waals surface area contributed by atoms with Crippen molar-refractivity contribution in [3.05, 3.63) is 18.2 Å². The van der Waals surface area contributed by atoms with Crippen LogP contribution in [0.1, 0.15) is 27.7 Å². The van der Waals surface area contributed by atoms with E-state index in [0.29, 0.717) is 16.9 Å². The highest BCUT2D eigenvalue weighted by Gasteiger charge is 2.31. The molecule has 0 fully saturated rings. The molecule has 0 amide bonds. The molecular weight excluding hydrogens is 229 g/mol. The molecule has 100 valence electrons. The second-order valence-corrected chi connectivity index (χ2v) is 5.09. The van der Waals surface area contributed by atoms with Gasteiger partial charge < -0.3 is 20.7 Å². The normalized spacial score (nSPS) is 11.5. The Hall–Kier alpha value is -1.20. The third kappa shape index (κ3) is 4.98. The zero-order valence-electron chi connectivity index (χ0n) is 11.7. The monoisotopic (exact) mass is 251 g/mol. The molecule has 0 spiro atoms. The van der Waals surface area contributed by atoms with Crippen LogP contribution in [0, 0.1) is 0 Å². The van der Waals surface area contributed by atoms with Crippen molar-refractivity contribution in [2.75, 3.05) is 12.8 Å². The molecule has 0 saturated heterocycles. The van der Waals surface area contributed by atoms with Crippen LogP contribution >= 0.6 is 0 Å². The molecule has 0 aromatic heterocycles. The highest BCUT2D eigenvalue weighted by molar-refractivity contribution is 6.34. The van der Waals surface area contributed by atoms with E-state index in [4.69, 9.17) is 28.5 Å². The van der Waals surface area contributed by atoms with Crippen LogP contribution in [0.15, 0.2) is 18.2 Å². The van der Waals surface area contributed by atoms with Gasteiger partial charge in [-0.15, -0.1) is 0 Å². The van der Waals surface area contributed by atoms with Crippen molar-refractivity contribution in [3.8, 4) is 5.75 Å². The number of methoxy groups -OCH3 is 1. The molecule has 4 nitrogen and oxygen atoms in total. The van der Waals surface area contributed by atoms with E-state index in [2.05, 4.69) is 0 Å². The predicted molar refractivity (Wildman–Crippen MR) is 75.4 cm³/mol. The average Bonchev–Trinajstić information content (AvgIpc) is 2.15. The summed E-state index contributed by atoms with van der Waals surface area (Å²) >= 11 is 0. The van der Waals surface area contributed by atoms with Gasteiger partial charge in [-0.2, -0.15) is 0 Å². The maximum atomic E-state index is 9.10. The van der Waals surface area contributed by atoms with Gasteiger partial charge in [0, 0.05) is 0 Å². The van der Waals surface area contributed by atoms with E-state index in [1.165, 1.54) is 0 Å². The Morgan fingerprint density at radius 1 is 1.11 bits per heavy atom. The van der Waals surface area contributed by atoms with Crippen LogP contribution in [0.5, 0.6) is 5.75 Å². The van der Waals surface area contributed by atoms with Crippen molar-refractivity contribution in [2.24, 2.45) is 0 Å². The predicted octanol–water partition coefficient (Wildman–Crippen LogP) is 0.599. The number of nitrogens with two attached hydrogens (primary N) is 1. The lowest BCUT2D eigenvalue weighted by molar-refractivity contribution is -0.107. The first kappa shape index (κ1) is 16.8. The van der Waals surface area contributed by atoms with Crippen LogP contribution in [0.3, 0.4) is 0 Å². The molecule has 4 N–H and O–H groups in total. The largest absolute Gasteiger partial charge is 0.495 e. The second-order valence-electron chi connectivity index (χ2n) is 5.09. The summed E-state index contributed by atoms with van der Waals surface area (Å²) < 4.78 is 4.93. The molecule has 1 rings (SSSR count). The number of rotatable bonds is 2. The van der Waals surface area contributed by atoms with Crippen molar-refractivity contribution in [3.63, 3.8) is 0 Å². The van der Waals surface area contributed by atoms with Crippen molar-refractivity contribution >= 4 is 19.0 Å². The third-order valence-corrected chi connectivity index (χ3v) is 2.78. The topological polar surface area (TPSA) is 75.7 Å². The van der Waals surface area contributed by atoms with Gasteiger partial charge in [0.15, 0.2) is 0 Å². The van der Waals surface area contributed by atoms with Gasteiger partial charge in [-0.1, -0.05) is 17.6 Å². The van der Waals surface area contributed by atoms with Crippen molar-refractivity contribution in [1.82, 2.24) is 0 Å². The van der Waals surface area contributed by atoms with E-state index in [-0.39, 0.29) is 0 Å². The summed E-state index contributed by atoms with van der Waals surface area (Å²) in [4.78, 5) is 0. The van der Waals surface area contributed by atoms with E-state index in [9.17, 15) is 0 Å². The summed E-state index contributed by atoms with van der Waals surface area (Å²) in [5.41, 5.74) is 4.66. The SMILES string of the molecule is CC(C)(O)C(C)(C)O.[B]c1cccc(N)c1OC. The first-order valence-electron chi connectivity index (χ1n) is 5.63. The molecule has 0 heterocycles. The summed E-state index contributed by atoms with van der Waals surface area (Å²) in [6, 6.07) is 5.28. The second kappa shape index (κ2) is 6.11. The average molecular weight is 251 g/mol. The molecule has 0 atom stereocenters. The van der Waals surface area contributed by atoms with Gasteiger partial charge in [-0.05, 0) is 33.8 Å². The lowest BCUT2D eigenvalue weighted by atomic mass is 9.90. The number of benzene rings is 1. The fourth-order valence-corrected chi connectivity index (χ4v) is 0.809. The van der Waals surface area contributed by atoms with Crippen LogP contribution in [0.25, 0.3) is 0 Å². The third-order valence-electron chi connectivity index (χ3n) is 2.78. The molecule has 0 aliphatic carbocycles. The Morgan fingerprint density at radius 2 is 1.56 bits per heavy atom. The molecule has 1 aromatic rings. The van der Waals surface area contributed by atoms with Gasteiger partial charge >= 0.3 is 0 Å². The number of ether oxygens (including phenoxy) is 1. The van der Waals surface area contributed by atoms with Crippen LogP contribution in [0.2, 0.25) is 0 Å². The molecular formula is C13H22BNO3. The molecule has 2 radical (unpaired) electrons. The summed E-state index contributed by atoms with van der Waals surface area (Å²) in [5.74, 6) is 0.558. The highest BCUT2D eigenvalue weighted by Crippen LogP contribution is 2.19. The van der Waals surface area contributed by atoms with E-state index in [0.717, 1.165) is 0 Å². The molecule has 0 aliphatic rings. The molecule has 0 unspecified atom stereocenters. The molecule has 0 bridgehead atoms. The Morgan fingerprint density at radius 3 is 1.78 bits per heavy atom. The number of para-hydroxylation sites is 1. The van der Waals surface area contributed by atoms with Gasteiger partial charge in [0.25, 0.3) is 0 Å². The fourth-order valence-electron chi connectivity index (χ4n) is 0.809. The van der Waals surface area contributed by atoms with E-state index >= 15 is 0 Å². The van der Waals surface area contributed by atoms with Crippen LogP contribution in [-0.2, 0) is 0 Å². The first-order valence-corrected chi connectivity index (χ1v) is 5.63. The lowest BCUT2D eigenvalue weighted by Gasteiger charge is -2.31. The van der Waals surface area contributed by atoms with Gasteiger partial charge in [-0.3, -0.25) is 0 Å². The molecule has 0 saturated carbocycles. The molecule has 5 heteroatoms. The number of hydrogen-bond acceptors (Lipinski definition) is 4. The first-order chi connectivity index (χ1) is 8.00. The summed E-state index contributed by atoms with van der Waals surface area (Å²) in [6.45, 7) is 6.31. The minimum Gasteiger partial charge on any atom is -0.495 e. The number of anilines is 1. The van der Waals surface area contributed by atoms with Gasteiger partial charge in [0.2, 0.25) is 0 Å². The maximum Gasteiger partial charge on any atom is 0.134 e. The van der Waals surface area contributed by atoms with Crippen molar-refractivity contribution < 1.29 is 14.9 Å². The van der Waals surface area contributed by atoms with Crippen LogP contribution in [0.4, 0.5) is 5.69 Å². The Bertz CT molecular complexity index is 349. The fraction of sp³-hybridized carbons (Fsp3) is 0.538. The molecule has 18 heavy (non-hydrogen) atoms. The van der Waals surface area contributed by atoms with E-state index < -0.39 is 11.2 Å². The lowest BCUT2D eigenvalue weighted by Crippen LogP contribution is -2.44. The quantitative estimate of drug-likeness (QED) is 0.531. The summed E-state index contributed by atoms with van der Waals surface area (Å²) in [5, 5.41) is 18.2. The van der Waals surface area contributed by atoms with E-state index in [1.807, 2.05) is 0 Å². The Balaban J connectivity index is 0.000000331. The standard InChI is InChI=1S/C7H8BNO.C6H14O2/c1-10-7-5(8)3-2-4-6(7)9;1-5(2,7)6(3,4)8/h2-4H,9H2,1H3;7-8H,1-4H3. The van der Waals surface area contributed by atoms with Crippen molar-refractivity contribution in [1.29, 1.82) is 0 Å². The van der Waals surface area contributed by atoms with Gasteiger partial charge in [0.1, 0.15) is 13.6 Å². The van der Waals surface area contributed by atoms with Gasteiger partial charge in [0.05, 0.1) is 24.0 Å². The van der Waals surface area contributed by atoms with Crippen molar-refractivity contribution in [2.45, 2.75) is 38.9 Å². The summed E-state index contributed by atoms with van der Waals surface area (Å²) in [6.07, 6.45) is 0. The van der Waals surface area contributed by atoms with Gasteiger partial charge in [-0.25, -0.2) is 0 Å². The highest BCUT2D eigenvalue weighted by atomic mass is 16.5. The smallest absolute Gasteiger partial charge is 0.134 e. The van der Waals surface area contributed by atoms with Crippen LogP contribution in [-0.4, -0.2) is 36.4 Å². The molecule has 1 aromatic carbocycles. The Kier molecular flexibility index (Phi) is 5.71. The number of nitrogen functional groups attached to an aromatic ring is 1. The van der Waals surface area contributed by atoms with Crippen LogP contribution < -0.4 is 15.9 Å².